The topological polar surface area (TPSA) is 23.8 Å². The first kappa shape index (κ1) is 20.3. The summed E-state index contributed by atoms with van der Waals surface area (Å²) in [6.07, 6.45) is 11.6. The maximum atomic E-state index is 13.9. The number of benzene rings is 2. The zero-order valence-electron chi connectivity index (χ0n) is 16.2. The molecule has 0 saturated heterocycles. The number of hydrogen-bond donors (Lipinski definition) is 0. The summed E-state index contributed by atoms with van der Waals surface area (Å²) in [6, 6.07) is 15.1. The van der Waals surface area contributed by atoms with E-state index in [4.69, 9.17) is 5.26 Å². The molecule has 0 spiro atoms. The van der Waals surface area contributed by atoms with Crippen LogP contribution in [0, 0.1) is 23.1 Å². The van der Waals surface area contributed by atoms with Crippen molar-refractivity contribution >= 4 is 0 Å². The molecular weight excluding hydrogens is 352 g/mol. The van der Waals surface area contributed by atoms with Crippen LogP contribution in [-0.4, -0.2) is 0 Å². The van der Waals surface area contributed by atoms with Crippen molar-refractivity contribution in [2.75, 3.05) is 0 Å². The van der Waals surface area contributed by atoms with E-state index in [1.165, 1.54) is 56.2 Å². The molecule has 1 nitrogen and oxygen atoms in total. The first-order chi connectivity index (χ1) is 13.7. The highest BCUT2D eigenvalue weighted by Crippen LogP contribution is 2.38. The molecule has 0 heterocycles. The van der Waals surface area contributed by atoms with Crippen molar-refractivity contribution in [3.8, 4) is 17.2 Å². The van der Waals surface area contributed by atoms with Gasteiger partial charge in [-0.3, -0.25) is 0 Å². The second kappa shape index (κ2) is 10.2. The molecule has 1 aliphatic rings. The van der Waals surface area contributed by atoms with E-state index >= 15 is 0 Å². The minimum Gasteiger partial charge on any atom is -0.216 e. The van der Waals surface area contributed by atoms with E-state index in [9.17, 15) is 8.78 Å². The van der Waals surface area contributed by atoms with Gasteiger partial charge in [-0.2, -0.15) is 5.26 Å². The maximum absolute atomic E-state index is 13.9. The van der Waals surface area contributed by atoms with Gasteiger partial charge in [-0.25, -0.2) is 8.78 Å². The Labute approximate surface area is 166 Å². The van der Waals surface area contributed by atoms with Gasteiger partial charge in [-0.1, -0.05) is 49.2 Å². The number of halogens is 2. The van der Waals surface area contributed by atoms with Gasteiger partial charge in [0.1, 0.15) is 11.9 Å². The highest BCUT2D eigenvalue weighted by Gasteiger charge is 2.22. The molecule has 146 valence electrons. The van der Waals surface area contributed by atoms with Gasteiger partial charge in [-0.05, 0) is 79.2 Å². The molecule has 0 radical (unpaired) electrons. The molecule has 0 amide bonds. The van der Waals surface area contributed by atoms with Crippen molar-refractivity contribution in [1.29, 1.82) is 5.26 Å². The molecule has 1 aliphatic carbocycles. The zero-order valence-corrected chi connectivity index (χ0v) is 16.2. The summed E-state index contributed by atoms with van der Waals surface area (Å²) in [5, 5.41) is 8.85. The molecule has 2 aromatic carbocycles. The summed E-state index contributed by atoms with van der Waals surface area (Å²) in [4.78, 5) is 0. The van der Waals surface area contributed by atoms with Crippen LogP contribution >= 0.6 is 0 Å². The molecule has 0 unspecified atom stereocenters. The van der Waals surface area contributed by atoms with Crippen LogP contribution in [-0.2, 0) is 0 Å². The lowest BCUT2D eigenvalue weighted by Gasteiger charge is -2.29. The van der Waals surface area contributed by atoms with Crippen molar-refractivity contribution in [3.63, 3.8) is 0 Å². The van der Waals surface area contributed by atoms with Crippen LogP contribution in [0.5, 0.6) is 0 Å². The normalized spacial score (nSPS) is 19.6. The summed E-state index contributed by atoms with van der Waals surface area (Å²) in [5.74, 6) is 0.951. The lowest BCUT2D eigenvalue weighted by atomic mass is 9.77. The predicted octanol–water partition coefficient (Wildman–Crippen LogP) is 7.68. The Morgan fingerprint density at radius 1 is 0.964 bits per heavy atom. The van der Waals surface area contributed by atoms with E-state index in [0.29, 0.717) is 12.2 Å². The molecule has 1 fully saturated rings. The van der Waals surface area contributed by atoms with E-state index in [1.54, 1.807) is 12.1 Å². The second-order valence-corrected chi connectivity index (χ2v) is 7.79. The quantitative estimate of drug-likeness (QED) is 0.453. The highest BCUT2D eigenvalue weighted by atomic mass is 19.1. The molecular formula is C25H27F2N. The lowest BCUT2D eigenvalue weighted by molar-refractivity contribution is 0.303. The number of unbranched alkanes of at least 4 members (excludes halogenated alkanes) is 2. The molecule has 28 heavy (non-hydrogen) atoms. The second-order valence-electron chi connectivity index (χ2n) is 7.79. The predicted molar refractivity (Wildman–Crippen MR) is 110 cm³/mol. The number of nitriles is 1. The van der Waals surface area contributed by atoms with Crippen LogP contribution in [0.25, 0.3) is 11.1 Å². The van der Waals surface area contributed by atoms with Crippen LogP contribution in [0.3, 0.4) is 0 Å². The maximum Gasteiger partial charge on any atom is 0.141 e. The van der Waals surface area contributed by atoms with Crippen molar-refractivity contribution in [1.82, 2.24) is 0 Å². The Kier molecular flexibility index (Phi) is 7.37. The minimum atomic E-state index is -0.469. The highest BCUT2D eigenvalue weighted by molar-refractivity contribution is 5.64. The largest absolute Gasteiger partial charge is 0.216 e. The van der Waals surface area contributed by atoms with Gasteiger partial charge in [0.15, 0.2) is 0 Å². The molecule has 3 rings (SSSR count). The van der Waals surface area contributed by atoms with Crippen molar-refractivity contribution < 1.29 is 8.78 Å². The van der Waals surface area contributed by atoms with E-state index in [2.05, 4.69) is 24.3 Å². The summed E-state index contributed by atoms with van der Waals surface area (Å²) in [7, 11) is 0. The number of hydrogen-bond acceptors (Lipinski definition) is 1. The monoisotopic (exact) mass is 379 g/mol. The Morgan fingerprint density at radius 3 is 2.32 bits per heavy atom. The number of allylic oxidation sites excluding steroid dienone is 1. The third-order valence-corrected chi connectivity index (χ3v) is 5.97. The molecule has 0 aliphatic heterocycles. The van der Waals surface area contributed by atoms with Crippen LogP contribution in [0.4, 0.5) is 8.78 Å². The van der Waals surface area contributed by atoms with Gasteiger partial charge in [0.05, 0.1) is 11.9 Å². The summed E-state index contributed by atoms with van der Waals surface area (Å²) in [5.41, 5.74) is 3.22. The standard InChI is InChI=1S/C25H27F2N/c26-16-4-2-1-3-5-19-6-8-20(9-7-19)21-10-12-22(13-11-21)23-14-15-24(18-28)25(27)17-23/h4,10-17,19-20H,1-3,5-9H2. The van der Waals surface area contributed by atoms with Crippen molar-refractivity contribution in [2.24, 2.45) is 5.92 Å². The molecule has 0 bridgehead atoms. The third kappa shape index (κ3) is 5.29. The van der Waals surface area contributed by atoms with E-state index < -0.39 is 5.82 Å². The fourth-order valence-corrected chi connectivity index (χ4v) is 4.28. The first-order valence-electron chi connectivity index (χ1n) is 10.3. The van der Waals surface area contributed by atoms with Crippen LogP contribution in [0.2, 0.25) is 0 Å². The van der Waals surface area contributed by atoms with Crippen LogP contribution in [0.1, 0.15) is 68.4 Å². The minimum absolute atomic E-state index is 0.0796. The van der Waals surface area contributed by atoms with E-state index in [-0.39, 0.29) is 5.56 Å². The van der Waals surface area contributed by atoms with Gasteiger partial charge < -0.3 is 0 Å². The van der Waals surface area contributed by atoms with Crippen LogP contribution < -0.4 is 0 Å². The Bertz CT molecular complexity index is 825. The summed E-state index contributed by atoms with van der Waals surface area (Å²) < 4.78 is 25.8. The fraction of sp³-hybridized carbons (Fsp3) is 0.400. The van der Waals surface area contributed by atoms with Crippen molar-refractivity contribution in [2.45, 2.75) is 57.3 Å². The molecule has 0 atom stereocenters. The average Bonchev–Trinajstić information content (AvgIpc) is 2.74. The third-order valence-electron chi connectivity index (χ3n) is 5.97. The molecule has 1 saturated carbocycles. The smallest absolute Gasteiger partial charge is 0.141 e. The van der Waals surface area contributed by atoms with Gasteiger partial charge >= 0.3 is 0 Å². The average molecular weight is 379 g/mol. The Morgan fingerprint density at radius 2 is 1.68 bits per heavy atom. The fourth-order valence-electron chi connectivity index (χ4n) is 4.28. The molecule has 0 aromatic heterocycles. The molecule has 0 N–H and O–H groups in total. The molecule has 3 heteroatoms. The lowest BCUT2D eigenvalue weighted by Crippen LogP contribution is -2.13. The SMILES string of the molecule is N#Cc1ccc(-c2ccc(C3CCC(CCCCC=CF)CC3)cc2)cc1F. The Balaban J connectivity index is 1.52. The zero-order chi connectivity index (χ0) is 19.8. The van der Waals surface area contributed by atoms with Gasteiger partial charge in [0.25, 0.3) is 0 Å². The van der Waals surface area contributed by atoms with Crippen molar-refractivity contribution in [3.05, 3.63) is 71.8 Å². The van der Waals surface area contributed by atoms with E-state index in [0.717, 1.165) is 29.9 Å². The van der Waals surface area contributed by atoms with Crippen LogP contribution in [0.15, 0.2) is 54.9 Å². The van der Waals surface area contributed by atoms with E-state index in [1.807, 2.05) is 6.07 Å². The van der Waals surface area contributed by atoms with Gasteiger partial charge in [0, 0.05) is 0 Å². The van der Waals surface area contributed by atoms with Gasteiger partial charge in [-0.15, -0.1) is 0 Å². The number of nitrogens with zero attached hydrogens (tertiary/aromatic N) is 1. The Hall–Kier alpha value is -2.47. The van der Waals surface area contributed by atoms with Gasteiger partial charge in [0.2, 0.25) is 0 Å². The summed E-state index contributed by atoms with van der Waals surface area (Å²) in [6.45, 7) is 0. The molecule has 2 aromatic rings. The number of rotatable bonds is 7. The first-order valence-corrected chi connectivity index (χ1v) is 10.3. The summed E-state index contributed by atoms with van der Waals surface area (Å²) >= 11 is 0.